The maximum Gasteiger partial charge on any atom is 0.341 e. The molecule has 34 heavy (non-hydrogen) atoms. The number of benzene rings is 1. The molecule has 6 nitrogen and oxygen atoms in total. The van der Waals surface area contributed by atoms with Gasteiger partial charge in [-0.1, -0.05) is 48.8 Å². The van der Waals surface area contributed by atoms with Gasteiger partial charge < -0.3 is 15.2 Å². The molecule has 0 radical (unpaired) electrons. The smallest absolute Gasteiger partial charge is 0.341 e. The van der Waals surface area contributed by atoms with Crippen molar-refractivity contribution in [1.29, 1.82) is 0 Å². The largest absolute Gasteiger partial charge is 0.481 e. The number of esters is 1. The second-order valence-corrected chi connectivity index (χ2v) is 9.76. The first kappa shape index (κ1) is 25.7. The quantitative estimate of drug-likeness (QED) is 0.322. The fourth-order valence-electron chi connectivity index (χ4n) is 4.33. The number of aryl methyl sites for hydroxylation is 1. The first-order chi connectivity index (χ1) is 16.3. The summed E-state index contributed by atoms with van der Waals surface area (Å²) in [6.07, 6.45) is 3.99. The number of unbranched alkanes of at least 4 members (excludes halogenated alkanes) is 1. The van der Waals surface area contributed by atoms with Crippen molar-refractivity contribution in [3.63, 3.8) is 0 Å². The number of hydrogen-bond donors (Lipinski definition) is 2. The molecule has 182 valence electrons. The molecule has 1 heterocycles. The summed E-state index contributed by atoms with van der Waals surface area (Å²) in [6, 6.07) is 8.10. The van der Waals surface area contributed by atoms with Crippen LogP contribution in [-0.4, -0.2) is 29.6 Å². The van der Waals surface area contributed by atoms with Gasteiger partial charge in [0.1, 0.15) is 10.6 Å². The van der Waals surface area contributed by atoms with Gasteiger partial charge in [0.2, 0.25) is 5.91 Å². The van der Waals surface area contributed by atoms with Crippen LogP contribution in [0.5, 0.6) is 0 Å². The fourth-order valence-corrected chi connectivity index (χ4v) is 5.29. The third-order valence-corrected chi connectivity index (χ3v) is 7.41. The number of anilines is 1. The Bertz CT molecular complexity index is 1080. The van der Waals surface area contributed by atoms with Crippen LogP contribution in [0, 0.1) is 11.8 Å². The molecular formula is C27H33NO5S. The molecule has 0 aliphatic heterocycles. The van der Waals surface area contributed by atoms with Gasteiger partial charge in [-0.05, 0) is 57.6 Å². The summed E-state index contributed by atoms with van der Waals surface area (Å²) in [7, 11) is 0. The minimum Gasteiger partial charge on any atom is -0.481 e. The number of allylic oxidation sites excluding steroid dienone is 2. The van der Waals surface area contributed by atoms with Crippen LogP contribution < -0.4 is 5.32 Å². The van der Waals surface area contributed by atoms with E-state index in [1.165, 1.54) is 16.9 Å². The van der Waals surface area contributed by atoms with E-state index in [4.69, 9.17) is 4.74 Å². The van der Waals surface area contributed by atoms with Crippen molar-refractivity contribution in [3.8, 4) is 11.1 Å². The van der Waals surface area contributed by atoms with E-state index in [2.05, 4.69) is 24.4 Å². The zero-order valence-corrected chi connectivity index (χ0v) is 21.1. The summed E-state index contributed by atoms with van der Waals surface area (Å²) in [5.74, 6) is -3.35. The average Bonchev–Trinajstić information content (AvgIpc) is 3.23. The molecule has 1 aliphatic rings. The van der Waals surface area contributed by atoms with Gasteiger partial charge in [0, 0.05) is 10.9 Å². The van der Waals surface area contributed by atoms with Crippen LogP contribution in [0.15, 0.2) is 40.8 Å². The molecule has 0 bridgehead atoms. The topological polar surface area (TPSA) is 92.7 Å². The highest BCUT2D eigenvalue weighted by molar-refractivity contribution is 7.15. The Balaban J connectivity index is 1.91. The van der Waals surface area contributed by atoms with Gasteiger partial charge in [0.05, 0.1) is 18.4 Å². The first-order valence-electron chi connectivity index (χ1n) is 11.8. The first-order valence-corrected chi connectivity index (χ1v) is 12.7. The summed E-state index contributed by atoms with van der Waals surface area (Å²) >= 11 is 1.25. The lowest BCUT2D eigenvalue weighted by Crippen LogP contribution is -2.36. The van der Waals surface area contributed by atoms with Gasteiger partial charge in [-0.25, -0.2) is 4.79 Å². The van der Waals surface area contributed by atoms with E-state index in [0.717, 1.165) is 36.0 Å². The van der Waals surface area contributed by atoms with Crippen LogP contribution in [-0.2, 0) is 20.7 Å². The highest BCUT2D eigenvalue weighted by Crippen LogP contribution is 2.39. The Kier molecular flexibility index (Phi) is 8.67. The minimum atomic E-state index is -0.979. The maximum absolute atomic E-state index is 13.2. The zero-order chi connectivity index (χ0) is 24.8. The van der Waals surface area contributed by atoms with Crippen LogP contribution in [0.1, 0.15) is 69.3 Å². The van der Waals surface area contributed by atoms with Crippen LogP contribution in [0.2, 0.25) is 0 Å². The molecule has 1 aromatic heterocycles. The summed E-state index contributed by atoms with van der Waals surface area (Å²) in [4.78, 5) is 37.9. The van der Waals surface area contributed by atoms with Gasteiger partial charge in [0.25, 0.3) is 0 Å². The molecule has 1 aromatic carbocycles. The molecule has 0 fully saturated rings. The molecule has 1 aliphatic carbocycles. The third kappa shape index (κ3) is 5.76. The van der Waals surface area contributed by atoms with Crippen molar-refractivity contribution in [2.24, 2.45) is 11.8 Å². The molecule has 1 amide bonds. The van der Waals surface area contributed by atoms with Crippen LogP contribution >= 0.6 is 11.3 Å². The van der Waals surface area contributed by atoms with E-state index in [0.29, 0.717) is 29.0 Å². The normalized spacial score (nSPS) is 18.0. The molecule has 7 heteroatoms. The molecular weight excluding hydrogens is 450 g/mol. The number of amides is 1. The lowest BCUT2D eigenvalue weighted by molar-refractivity contribution is -0.146. The van der Waals surface area contributed by atoms with Crippen molar-refractivity contribution in [2.75, 3.05) is 11.9 Å². The number of aliphatic carboxylic acids is 1. The molecule has 0 saturated heterocycles. The molecule has 0 spiro atoms. The molecule has 2 atom stereocenters. The van der Waals surface area contributed by atoms with Crippen molar-refractivity contribution < 1.29 is 24.2 Å². The predicted octanol–water partition coefficient (Wildman–Crippen LogP) is 6.32. The number of thiophene rings is 1. The summed E-state index contributed by atoms with van der Waals surface area (Å²) < 4.78 is 5.30. The predicted molar refractivity (Wildman–Crippen MR) is 135 cm³/mol. The Morgan fingerprint density at radius 3 is 2.29 bits per heavy atom. The van der Waals surface area contributed by atoms with Gasteiger partial charge >= 0.3 is 11.9 Å². The number of ether oxygens (including phenoxy) is 1. The lowest BCUT2D eigenvalue weighted by Gasteiger charge is -2.29. The Labute approximate surface area is 205 Å². The third-order valence-electron chi connectivity index (χ3n) is 6.51. The second kappa shape index (κ2) is 11.5. The Morgan fingerprint density at radius 2 is 1.71 bits per heavy atom. The van der Waals surface area contributed by atoms with E-state index in [9.17, 15) is 19.5 Å². The number of carbonyl (C=O) groups is 3. The van der Waals surface area contributed by atoms with E-state index in [1.54, 1.807) is 6.92 Å². The standard InChI is InChI=1S/C27H33NO5S/c1-5-7-8-18-9-11-19(12-10-18)22-15-34-25(23(22)27(32)33-6-2)28-24(29)20-13-16(3)17(4)14-21(20)26(30)31/h9-12,15,20-21H,5-8,13-14H2,1-4H3,(H,28,29)(H,30,31). The highest BCUT2D eigenvalue weighted by Gasteiger charge is 2.38. The molecule has 0 saturated carbocycles. The number of carboxylic acids is 1. The van der Waals surface area contributed by atoms with Crippen LogP contribution in [0.3, 0.4) is 0 Å². The lowest BCUT2D eigenvalue weighted by atomic mass is 9.76. The van der Waals surface area contributed by atoms with Crippen molar-refractivity contribution in [3.05, 3.63) is 51.9 Å². The van der Waals surface area contributed by atoms with Gasteiger partial charge in [-0.15, -0.1) is 11.3 Å². The van der Waals surface area contributed by atoms with Crippen LogP contribution in [0.4, 0.5) is 5.00 Å². The van der Waals surface area contributed by atoms with Gasteiger partial charge in [-0.3, -0.25) is 9.59 Å². The molecule has 3 rings (SSSR count). The minimum absolute atomic E-state index is 0.213. The SMILES string of the molecule is CCCCc1ccc(-c2csc(NC(=O)C3CC(C)=C(C)CC3C(=O)O)c2C(=O)OCC)cc1. The molecule has 2 unspecified atom stereocenters. The Hall–Kier alpha value is -2.93. The number of hydrogen-bond acceptors (Lipinski definition) is 5. The summed E-state index contributed by atoms with van der Waals surface area (Å²) in [5, 5.41) is 14.8. The van der Waals surface area contributed by atoms with Crippen molar-refractivity contribution in [2.45, 2.75) is 59.8 Å². The monoisotopic (exact) mass is 483 g/mol. The summed E-state index contributed by atoms with van der Waals surface area (Å²) in [6.45, 7) is 7.96. The average molecular weight is 484 g/mol. The van der Waals surface area contributed by atoms with E-state index < -0.39 is 23.8 Å². The van der Waals surface area contributed by atoms with Gasteiger partial charge in [0.15, 0.2) is 0 Å². The number of carbonyl (C=O) groups excluding carboxylic acids is 2. The van der Waals surface area contributed by atoms with Crippen LogP contribution in [0.25, 0.3) is 11.1 Å². The van der Waals surface area contributed by atoms with Gasteiger partial charge in [-0.2, -0.15) is 0 Å². The van der Waals surface area contributed by atoms with E-state index in [1.807, 2.05) is 31.4 Å². The number of carboxylic acid groups (broad SMARTS) is 1. The van der Waals surface area contributed by atoms with Crippen molar-refractivity contribution >= 4 is 34.2 Å². The maximum atomic E-state index is 13.2. The molecule has 2 aromatic rings. The molecule has 2 N–H and O–H groups in total. The number of rotatable bonds is 9. The number of nitrogens with one attached hydrogen (secondary N) is 1. The van der Waals surface area contributed by atoms with E-state index in [-0.39, 0.29) is 12.5 Å². The highest BCUT2D eigenvalue weighted by atomic mass is 32.1. The summed E-state index contributed by atoms with van der Waals surface area (Å²) in [5.41, 5.74) is 5.18. The second-order valence-electron chi connectivity index (χ2n) is 8.88. The Morgan fingerprint density at radius 1 is 1.06 bits per heavy atom. The van der Waals surface area contributed by atoms with E-state index >= 15 is 0 Å². The zero-order valence-electron chi connectivity index (χ0n) is 20.3. The van der Waals surface area contributed by atoms with Crippen molar-refractivity contribution in [1.82, 2.24) is 0 Å². The fraction of sp³-hybridized carbons (Fsp3) is 0.444.